The first-order valence-electron chi connectivity index (χ1n) is 9.75. The number of nitrogens with zero attached hydrogens (tertiary/aromatic N) is 1. The number of benzene rings is 4. The number of ether oxygens (including phenoxy) is 2. The molecule has 7 heteroatoms. The average Bonchev–Trinajstić information content (AvgIpc) is 2.83. The van der Waals surface area contributed by atoms with E-state index in [-0.39, 0.29) is 23.7 Å². The van der Waals surface area contributed by atoms with Crippen LogP contribution in [0.3, 0.4) is 0 Å². The Hall–Kier alpha value is -4.31. The highest BCUT2D eigenvalue weighted by Crippen LogP contribution is 2.29. The molecule has 0 spiro atoms. The molecule has 0 aromatic heterocycles. The van der Waals surface area contributed by atoms with Crippen LogP contribution in [0.15, 0.2) is 78.9 Å². The van der Waals surface area contributed by atoms with E-state index in [1.165, 1.54) is 12.1 Å². The number of nitriles is 1. The van der Waals surface area contributed by atoms with Gasteiger partial charge in [-0.25, -0.2) is 17.6 Å². The van der Waals surface area contributed by atoms with Gasteiger partial charge in [0.15, 0.2) is 17.5 Å². The third-order valence-corrected chi connectivity index (χ3v) is 4.89. The van der Waals surface area contributed by atoms with E-state index in [1.54, 1.807) is 24.3 Å². The van der Waals surface area contributed by atoms with Crippen molar-refractivity contribution in [3.05, 3.63) is 108 Å². The van der Waals surface area contributed by atoms with Crippen LogP contribution in [0.4, 0.5) is 17.6 Å². The second-order valence-electron chi connectivity index (χ2n) is 7.02. The summed E-state index contributed by atoms with van der Waals surface area (Å²) in [5, 5.41) is 8.87. The molecule has 164 valence electrons. The Balaban J connectivity index is 1.38. The molecule has 4 aromatic carbocycles. The molecule has 0 heterocycles. The van der Waals surface area contributed by atoms with E-state index in [0.29, 0.717) is 11.3 Å². The lowest BCUT2D eigenvalue weighted by molar-refractivity contribution is 0.119. The summed E-state index contributed by atoms with van der Waals surface area (Å²) in [5.74, 6) is -4.52. The Bertz CT molecular complexity index is 1310. The monoisotopic (exact) mass is 449 g/mol. The zero-order chi connectivity index (χ0) is 23.4. The van der Waals surface area contributed by atoms with Crippen molar-refractivity contribution in [2.24, 2.45) is 0 Å². The Morgan fingerprint density at radius 2 is 1.15 bits per heavy atom. The molecule has 0 saturated carbocycles. The smallest absolute Gasteiger partial charge is 0.230 e. The van der Waals surface area contributed by atoms with Crippen LogP contribution in [0.1, 0.15) is 5.56 Å². The molecule has 0 amide bonds. The van der Waals surface area contributed by atoms with E-state index in [2.05, 4.69) is 6.07 Å². The summed E-state index contributed by atoms with van der Waals surface area (Å²) in [6.45, 7) is -0.200. The summed E-state index contributed by atoms with van der Waals surface area (Å²) in [6.07, 6.45) is 0. The Morgan fingerprint density at radius 3 is 1.73 bits per heavy atom. The van der Waals surface area contributed by atoms with E-state index in [9.17, 15) is 17.6 Å². The van der Waals surface area contributed by atoms with Crippen LogP contribution >= 0.6 is 0 Å². The molecule has 0 radical (unpaired) electrons. The van der Waals surface area contributed by atoms with Crippen molar-refractivity contribution in [2.75, 3.05) is 6.79 Å². The second kappa shape index (κ2) is 9.45. The maximum Gasteiger partial charge on any atom is 0.230 e. The van der Waals surface area contributed by atoms with Crippen LogP contribution < -0.4 is 9.47 Å². The van der Waals surface area contributed by atoms with Crippen LogP contribution in [0.2, 0.25) is 0 Å². The fourth-order valence-electron chi connectivity index (χ4n) is 3.18. The molecule has 33 heavy (non-hydrogen) atoms. The Morgan fingerprint density at radius 1 is 0.606 bits per heavy atom. The number of hydrogen-bond acceptors (Lipinski definition) is 3. The lowest BCUT2D eigenvalue weighted by atomic mass is 10.0. The first kappa shape index (κ1) is 21.9. The molecule has 4 aromatic rings. The minimum atomic E-state index is -1.61. The fourth-order valence-corrected chi connectivity index (χ4v) is 3.18. The van der Waals surface area contributed by atoms with Crippen LogP contribution in [0.25, 0.3) is 22.3 Å². The standard InChI is InChI=1S/C26H15F4NO2/c27-23-13-21(9-10-22(23)19-11-24(28)26(30)25(29)12-19)33-15-32-20-7-5-18(6-8-20)17-3-1-16(14-31)2-4-17/h1-13H,15H2. The van der Waals surface area contributed by atoms with Gasteiger partial charge in [-0.05, 0) is 65.2 Å². The first-order chi connectivity index (χ1) is 15.9. The summed E-state index contributed by atoms with van der Waals surface area (Å²) in [5.41, 5.74) is 2.25. The molecule has 0 saturated heterocycles. The highest BCUT2D eigenvalue weighted by molar-refractivity contribution is 5.66. The van der Waals surface area contributed by atoms with E-state index >= 15 is 0 Å². The third kappa shape index (κ3) is 4.96. The van der Waals surface area contributed by atoms with Gasteiger partial charge in [0.1, 0.15) is 17.3 Å². The Labute approximate surface area is 187 Å². The van der Waals surface area contributed by atoms with Crippen molar-refractivity contribution in [1.82, 2.24) is 0 Å². The maximum absolute atomic E-state index is 14.4. The van der Waals surface area contributed by atoms with Crippen LogP contribution in [-0.4, -0.2) is 6.79 Å². The van der Waals surface area contributed by atoms with Crippen LogP contribution in [0, 0.1) is 34.6 Å². The Kier molecular flexibility index (Phi) is 6.27. The lowest BCUT2D eigenvalue weighted by Gasteiger charge is -2.11. The van der Waals surface area contributed by atoms with Gasteiger partial charge in [-0.1, -0.05) is 24.3 Å². The van der Waals surface area contributed by atoms with Crippen molar-refractivity contribution < 1.29 is 27.0 Å². The molecule has 3 nitrogen and oxygen atoms in total. The number of hydrogen-bond donors (Lipinski definition) is 0. The van der Waals surface area contributed by atoms with Crippen molar-refractivity contribution in [2.45, 2.75) is 0 Å². The molecule has 0 aliphatic heterocycles. The lowest BCUT2D eigenvalue weighted by Crippen LogP contribution is -2.05. The van der Waals surface area contributed by atoms with Crippen LogP contribution in [0.5, 0.6) is 11.5 Å². The van der Waals surface area contributed by atoms with E-state index in [0.717, 1.165) is 29.3 Å². The summed E-state index contributed by atoms with van der Waals surface area (Å²) in [7, 11) is 0. The molecule has 0 aliphatic rings. The maximum atomic E-state index is 14.4. The van der Waals surface area contributed by atoms with Crippen LogP contribution in [-0.2, 0) is 0 Å². The average molecular weight is 449 g/mol. The molecule has 0 aliphatic carbocycles. The summed E-state index contributed by atoms with van der Waals surface area (Å²) in [4.78, 5) is 0. The first-order valence-corrected chi connectivity index (χ1v) is 9.75. The predicted molar refractivity (Wildman–Crippen MR) is 114 cm³/mol. The van der Waals surface area contributed by atoms with Crippen molar-refractivity contribution in [3.8, 4) is 39.8 Å². The number of rotatable bonds is 6. The topological polar surface area (TPSA) is 42.2 Å². The van der Waals surface area contributed by atoms with E-state index in [4.69, 9.17) is 14.7 Å². The van der Waals surface area contributed by atoms with Gasteiger partial charge in [0, 0.05) is 11.6 Å². The van der Waals surface area contributed by atoms with E-state index < -0.39 is 23.3 Å². The van der Waals surface area contributed by atoms with E-state index in [1.807, 2.05) is 24.3 Å². The highest BCUT2D eigenvalue weighted by Gasteiger charge is 2.14. The molecular formula is C26H15F4NO2. The summed E-state index contributed by atoms with van der Waals surface area (Å²) < 4.78 is 65.3. The molecule has 0 N–H and O–H groups in total. The highest BCUT2D eigenvalue weighted by atomic mass is 19.2. The van der Waals surface area contributed by atoms with Gasteiger partial charge in [0.05, 0.1) is 11.6 Å². The molecule has 4 rings (SSSR count). The fraction of sp³-hybridized carbons (Fsp3) is 0.0385. The van der Waals surface area contributed by atoms with Gasteiger partial charge < -0.3 is 9.47 Å². The number of halogens is 4. The minimum absolute atomic E-state index is 0.0977. The molecule has 0 bridgehead atoms. The predicted octanol–water partition coefficient (Wildman–Crippen LogP) is 6.86. The minimum Gasteiger partial charge on any atom is -0.458 e. The van der Waals surface area contributed by atoms with Gasteiger partial charge in [-0.3, -0.25) is 0 Å². The SMILES string of the molecule is N#Cc1ccc(-c2ccc(OCOc3ccc(-c4cc(F)c(F)c(F)c4)c(F)c3)cc2)cc1. The normalized spacial score (nSPS) is 10.5. The summed E-state index contributed by atoms with van der Waals surface area (Å²) in [6, 6.07) is 21.6. The zero-order valence-electron chi connectivity index (χ0n) is 17.0. The molecule has 0 atom stereocenters. The molecule has 0 unspecified atom stereocenters. The third-order valence-electron chi connectivity index (χ3n) is 4.89. The van der Waals surface area contributed by atoms with Gasteiger partial charge in [-0.2, -0.15) is 5.26 Å². The van der Waals surface area contributed by atoms with Crippen molar-refractivity contribution in [3.63, 3.8) is 0 Å². The zero-order valence-corrected chi connectivity index (χ0v) is 17.0. The van der Waals surface area contributed by atoms with Gasteiger partial charge in [0.2, 0.25) is 6.79 Å². The summed E-state index contributed by atoms with van der Waals surface area (Å²) >= 11 is 0. The molecule has 0 fully saturated rings. The largest absolute Gasteiger partial charge is 0.458 e. The van der Waals surface area contributed by atoms with Gasteiger partial charge >= 0.3 is 0 Å². The van der Waals surface area contributed by atoms with Gasteiger partial charge in [-0.15, -0.1) is 0 Å². The van der Waals surface area contributed by atoms with Crippen molar-refractivity contribution >= 4 is 0 Å². The van der Waals surface area contributed by atoms with Gasteiger partial charge in [0.25, 0.3) is 0 Å². The second-order valence-corrected chi connectivity index (χ2v) is 7.02. The quantitative estimate of drug-likeness (QED) is 0.183. The molecular weight excluding hydrogens is 434 g/mol. The van der Waals surface area contributed by atoms with Crippen molar-refractivity contribution in [1.29, 1.82) is 5.26 Å².